The Morgan fingerprint density at radius 3 is 2.46 bits per heavy atom. The second-order valence-corrected chi connectivity index (χ2v) is 4.13. The molecule has 1 rings (SSSR count). The highest BCUT2D eigenvalue weighted by molar-refractivity contribution is 9.06. The van der Waals surface area contributed by atoms with Gasteiger partial charge in [0.1, 0.15) is 5.75 Å². The summed E-state index contributed by atoms with van der Waals surface area (Å²) in [4.78, 5) is 0. The normalized spacial score (nSPS) is 11.4. The summed E-state index contributed by atoms with van der Waals surface area (Å²) >= 11 is 3.03. The molecule has 1 aromatic carbocycles. The fourth-order valence-electron chi connectivity index (χ4n) is 1.28. The van der Waals surface area contributed by atoms with Gasteiger partial charge in [-0.15, -0.1) is 0 Å². The van der Waals surface area contributed by atoms with Crippen LogP contribution in [0.4, 0.5) is 0 Å². The molecule has 0 heterocycles. The summed E-state index contributed by atoms with van der Waals surface area (Å²) < 4.78 is 5.15. The Bertz CT molecular complexity index is 281. The van der Waals surface area contributed by atoms with Crippen LogP contribution in [-0.2, 0) is 5.41 Å². The van der Waals surface area contributed by atoms with Crippen molar-refractivity contribution in [1.29, 1.82) is 0 Å². The predicted molar refractivity (Wildman–Crippen MR) is 59.3 cm³/mol. The summed E-state index contributed by atoms with van der Waals surface area (Å²) in [6.07, 6.45) is 1.10. The molecule has 0 radical (unpaired) electrons. The summed E-state index contributed by atoms with van der Waals surface area (Å²) in [5.41, 5.74) is 1.42. The Morgan fingerprint density at radius 1 is 1.31 bits per heavy atom. The van der Waals surface area contributed by atoms with E-state index in [2.05, 4.69) is 43.1 Å². The highest BCUT2D eigenvalue weighted by atomic mass is 79.9. The van der Waals surface area contributed by atoms with E-state index in [9.17, 15) is 0 Å². The first-order valence-corrected chi connectivity index (χ1v) is 5.14. The van der Waals surface area contributed by atoms with E-state index in [1.165, 1.54) is 5.56 Å². The third-order valence-corrected chi connectivity index (χ3v) is 2.93. The fourth-order valence-corrected chi connectivity index (χ4v) is 1.57. The van der Waals surface area contributed by atoms with Crippen LogP contribution in [0.15, 0.2) is 24.3 Å². The van der Waals surface area contributed by atoms with Crippen LogP contribution < -0.4 is 3.83 Å². The van der Waals surface area contributed by atoms with E-state index in [1.807, 2.05) is 18.2 Å². The summed E-state index contributed by atoms with van der Waals surface area (Å²) in [5.74, 6) is 0.911. The quantitative estimate of drug-likeness (QED) is 0.777. The smallest absolute Gasteiger partial charge is 0.179 e. The van der Waals surface area contributed by atoms with E-state index in [1.54, 1.807) is 0 Å². The van der Waals surface area contributed by atoms with Crippen molar-refractivity contribution in [3.8, 4) is 5.75 Å². The van der Waals surface area contributed by atoms with E-state index < -0.39 is 0 Å². The average molecular weight is 243 g/mol. The van der Waals surface area contributed by atoms with Gasteiger partial charge >= 0.3 is 0 Å². The van der Waals surface area contributed by atoms with E-state index in [4.69, 9.17) is 3.83 Å². The lowest BCUT2D eigenvalue weighted by molar-refractivity contribution is 0.488. The molecule has 0 saturated carbocycles. The van der Waals surface area contributed by atoms with E-state index in [0.717, 1.165) is 12.2 Å². The molecule has 0 aliphatic carbocycles. The third-order valence-electron chi connectivity index (χ3n) is 2.58. The molecule has 72 valence electrons. The topological polar surface area (TPSA) is 9.23 Å². The molecule has 0 N–H and O–H groups in total. The van der Waals surface area contributed by atoms with Crippen molar-refractivity contribution in [3.63, 3.8) is 0 Å². The first-order valence-electron chi connectivity index (χ1n) is 4.50. The molecule has 1 aromatic rings. The number of hydrogen-bond acceptors (Lipinski definition) is 1. The minimum atomic E-state index is 0.171. The molecule has 2 heteroatoms. The number of para-hydroxylation sites is 1. The minimum Gasteiger partial charge on any atom is -0.418 e. The molecule has 0 amide bonds. The highest BCUT2D eigenvalue weighted by Crippen LogP contribution is 2.34. The third kappa shape index (κ3) is 2.25. The van der Waals surface area contributed by atoms with Crippen LogP contribution in [0.1, 0.15) is 32.8 Å². The first-order chi connectivity index (χ1) is 6.11. The van der Waals surface area contributed by atoms with Crippen molar-refractivity contribution in [3.05, 3.63) is 29.8 Å². The van der Waals surface area contributed by atoms with Crippen molar-refractivity contribution in [1.82, 2.24) is 0 Å². The summed E-state index contributed by atoms with van der Waals surface area (Å²) in [6.45, 7) is 6.63. The van der Waals surface area contributed by atoms with Crippen molar-refractivity contribution in [2.24, 2.45) is 0 Å². The second kappa shape index (κ2) is 4.14. The number of benzene rings is 1. The second-order valence-electron chi connectivity index (χ2n) is 3.81. The molecule has 0 bridgehead atoms. The van der Waals surface area contributed by atoms with Crippen LogP contribution in [0.2, 0.25) is 0 Å². The monoisotopic (exact) mass is 242 g/mol. The van der Waals surface area contributed by atoms with E-state index in [-0.39, 0.29) is 5.41 Å². The van der Waals surface area contributed by atoms with Crippen LogP contribution in [0.5, 0.6) is 5.75 Å². The van der Waals surface area contributed by atoms with Gasteiger partial charge in [-0.1, -0.05) is 39.0 Å². The van der Waals surface area contributed by atoms with Gasteiger partial charge < -0.3 is 3.83 Å². The van der Waals surface area contributed by atoms with Crippen molar-refractivity contribution in [2.75, 3.05) is 0 Å². The van der Waals surface area contributed by atoms with Gasteiger partial charge in [0.25, 0.3) is 0 Å². The van der Waals surface area contributed by atoms with Crippen LogP contribution in [0.3, 0.4) is 0 Å². The predicted octanol–water partition coefficient (Wildman–Crippen LogP) is 4.06. The van der Waals surface area contributed by atoms with Gasteiger partial charge in [0.2, 0.25) is 0 Å². The standard InChI is InChI=1S/C11H15BrO/c1-4-11(2,3)9-7-5-6-8-10(9)13-12/h5-8H,4H2,1-3H3. The number of rotatable bonds is 3. The zero-order chi connectivity index (χ0) is 9.90. The first kappa shape index (κ1) is 10.6. The van der Waals surface area contributed by atoms with Gasteiger partial charge in [0.15, 0.2) is 16.3 Å². The van der Waals surface area contributed by atoms with Crippen molar-refractivity contribution >= 4 is 16.3 Å². The van der Waals surface area contributed by atoms with Gasteiger partial charge in [-0.25, -0.2) is 0 Å². The maximum Gasteiger partial charge on any atom is 0.179 e. The van der Waals surface area contributed by atoms with Crippen LogP contribution in [-0.4, -0.2) is 0 Å². The van der Waals surface area contributed by atoms with Crippen LogP contribution in [0.25, 0.3) is 0 Å². The van der Waals surface area contributed by atoms with Crippen LogP contribution in [0, 0.1) is 0 Å². The number of hydrogen-bond donors (Lipinski definition) is 0. The van der Waals surface area contributed by atoms with Gasteiger partial charge in [-0.3, -0.25) is 0 Å². The van der Waals surface area contributed by atoms with Crippen molar-refractivity contribution < 1.29 is 3.83 Å². The minimum absolute atomic E-state index is 0.171. The van der Waals surface area contributed by atoms with Gasteiger partial charge in [0, 0.05) is 5.56 Å². The molecule has 0 atom stereocenters. The molecule has 0 unspecified atom stereocenters. The molecule has 13 heavy (non-hydrogen) atoms. The largest absolute Gasteiger partial charge is 0.418 e. The maximum absolute atomic E-state index is 5.15. The Morgan fingerprint density at radius 2 is 1.92 bits per heavy atom. The fraction of sp³-hybridized carbons (Fsp3) is 0.455. The van der Waals surface area contributed by atoms with E-state index in [0.29, 0.717) is 0 Å². The Balaban J connectivity index is 3.12. The maximum atomic E-state index is 5.15. The van der Waals surface area contributed by atoms with Gasteiger partial charge in [-0.05, 0) is 17.9 Å². The summed E-state index contributed by atoms with van der Waals surface area (Å²) in [5, 5.41) is 0. The summed E-state index contributed by atoms with van der Waals surface area (Å²) in [7, 11) is 0. The Kier molecular flexibility index (Phi) is 3.37. The van der Waals surface area contributed by atoms with Crippen molar-refractivity contribution in [2.45, 2.75) is 32.6 Å². The summed E-state index contributed by atoms with van der Waals surface area (Å²) in [6, 6.07) is 8.11. The van der Waals surface area contributed by atoms with Gasteiger partial charge in [0.05, 0.1) is 0 Å². The SMILES string of the molecule is CCC(C)(C)c1ccccc1OBr. The van der Waals surface area contributed by atoms with Crippen LogP contribution >= 0.6 is 16.3 Å². The molecule has 0 saturated heterocycles. The molecule has 0 fully saturated rings. The Hall–Kier alpha value is -0.500. The number of halogens is 1. The molecule has 0 aliphatic rings. The van der Waals surface area contributed by atoms with E-state index >= 15 is 0 Å². The molecule has 1 nitrogen and oxygen atoms in total. The highest BCUT2D eigenvalue weighted by Gasteiger charge is 2.21. The molecule has 0 aromatic heterocycles. The lowest BCUT2D eigenvalue weighted by atomic mass is 9.82. The molecular formula is C11H15BrO. The Labute approximate surface area is 88.6 Å². The molecular weight excluding hydrogens is 228 g/mol. The zero-order valence-corrected chi connectivity index (χ0v) is 9.89. The lowest BCUT2D eigenvalue weighted by Crippen LogP contribution is -2.15. The molecule has 0 aliphatic heterocycles. The average Bonchev–Trinajstić information content (AvgIpc) is 2.18. The lowest BCUT2D eigenvalue weighted by Gasteiger charge is -2.24. The van der Waals surface area contributed by atoms with Gasteiger partial charge in [-0.2, -0.15) is 0 Å². The zero-order valence-electron chi connectivity index (χ0n) is 8.30. The molecule has 0 spiro atoms.